The Kier molecular flexibility index (Phi) is 3.96. The molecule has 2 aromatic rings. The van der Waals surface area contributed by atoms with Crippen LogP contribution >= 0.6 is 0 Å². The molecule has 1 aromatic heterocycles. The molecule has 0 amide bonds. The molecule has 94 valence electrons. The van der Waals surface area contributed by atoms with Gasteiger partial charge in [0.25, 0.3) is 0 Å². The second kappa shape index (κ2) is 5.86. The van der Waals surface area contributed by atoms with E-state index >= 15 is 0 Å². The molecular formula is C13H17N5. The number of H-pyrrole nitrogens is 1. The summed E-state index contributed by atoms with van der Waals surface area (Å²) < 4.78 is 0. The minimum absolute atomic E-state index is 0.732. The molecule has 0 bridgehead atoms. The van der Waals surface area contributed by atoms with Gasteiger partial charge in [-0.1, -0.05) is 30.3 Å². The molecule has 0 aliphatic rings. The third-order valence-corrected chi connectivity index (χ3v) is 2.64. The zero-order chi connectivity index (χ0) is 12.8. The normalized spacial score (nSPS) is 11.3. The minimum atomic E-state index is 0.732. The van der Waals surface area contributed by atoms with Gasteiger partial charge in [0.1, 0.15) is 11.5 Å². The van der Waals surface area contributed by atoms with Crippen LogP contribution in [0.1, 0.15) is 11.3 Å². The van der Waals surface area contributed by atoms with Crippen molar-refractivity contribution in [3.63, 3.8) is 0 Å². The van der Waals surface area contributed by atoms with Crippen molar-refractivity contribution in [1.29, 1.82) is 0 Å². The fourth-order valence-electron chi connectivity index (χ4n) is 1.73. The zero-order valence-electron chi connectivity index (χ0n) is 10.6. The summed E-state index contributed by atoms with van der Waals surface area (Å²) in [5.41, 5.74) is 2.08. The van der Waals surface area contributed by atoms with Crippen molar-refractivity contribution in [2.75, 3.05) is 19.4 Å². The molecule has 2 rings (SSSR count). The molecule has 3 N–H and O–H groups in total. The topological polar surface area (TPSA) is 65.1 Å². The van der Waals surface area contributed by atoms with Crippen LogP contribution in [0.3, 0.4) is 0 Å². The fourth-order valence-corrected chi connectivity index (χ4v) is 1.73. The molecule has 1 heterocycles. The maximum atomic E-state index is 4.25. The number of nitrogens with one attached hydrogen (secondary N) is 3. The van der Waals surface area contributed by atoms with Crippen molar-refractivity contribution < 1.29 is 0 Å². The summed E-state index contributed by atoms with van der Waals surface area (Å²) in [5, 5.41) is 6.33. The number of nitrogens with zero attached hydrogens (tertiary/aromatic N) is 2. The average Bonchev–Trinajstić information content (AvgIpc) is 2.89. The minimum Gasteiger partial charge on any atom is -0.371 e. The Balaban J connectivity index is 2.07. The number of amidine groups is 1. The van der Waals surface area contributed by atoms with Gasteiger partial charge >= 0.3 is 0 Å². The summed E-state index contributed by atoms with van der Waals surface area (Å²) in [4.78, 5) is 11.5. The lowest BCUT2D eigenvalue weighted by Crippen LogP contribution is -2.25. The highest BCUT2D eigenvalue weighted by Crippen LogP contribution is 2.09. The van der Waals surface area contributed by atoms with E-state index in [0.717, 1.165) is 23.9 Å². The van der Waals surface area contributed by atoms with Crippen LogP contribution < -0.4 is 10.6 Å². The van der Waals surface area contributed by atoms with E-state index in [1.807, 2.05) is 25.2 Å². The van der Waals surface area contributed by atoms with Crippen molar-refractivity contribution in [2.45, 2.75) is 6.54 Å². The standard InChI is InChI=1S/C13H17N5/c1-14-12(11-13(15-2)18-9-17-11)16-8-10-6-4-3-5-7-10/h3-7,9,15H,8H2,1-2H3,(H,14,16)(H,17,18). The quantitative estimate of drug-likeness (QED) is 0.564. The van der Waals surface area contributed by atoms with E-state index in [-0.39, 0.29) is 0 Å². The summed E-state index contributed by atoms with van der Waals surface area (Å²) in [6.45, 7) is 0.732. The summed E-state index contributed by atoms with van der Waals surface area (Å²) >= 11 is 0. The van der Waals surface area contributed by atoms with Gasteiger partial charge < -0.3 is 15.6 Å². The smallest absolute Gasteiger partial charge is 0.155 e. The third-order valence-electron chi connectivity index (χ3n) is 2.64. The number of hydrogen-bond acceptors (Lipinski definition) is 3. The first kappa shape index (κ1) is 12.2. The van der Waals surface area contributed by atoms with Gasteiger partial charge in [-0.2, -0.15) is 0 Å². The summed E-state index contributed by atoms with van der Waals surface area (Å²) in [6, 6.07) is 10.2. The van der Waals surface area contributed by atoms with Crippen molar-refractivity contribution in [3.8, 4) is 0 Å². The molecule has 0 spiro atoms. The molecule has 5 heteroatoms. The van der Waals surface area contributed by atoms with Gasteiger partial charge in [-0.05, 0) is 5.56 Å². The van der Waals surface area contributed by atoms with Crippen LogP contribution in [0.4, 0.5) is 5.82 Å². The van der Waals surface area contributed by atoms with E-state index in [1.165, 1.54) is 5.56 Å². The molecule has 0 atom stereocenters. The Morgan fingerprint density at radius 3 is 2.78 bits per heavy atom. The predicted octanol–water partition coefficient (Wildman–Crippen LogP) is 1.62. The Morgan fingerprint density at radius 2 is 2.11 bits per heavy atom. The van der Waals surface area contributed by atoms with Gasteiger partial charge in [0.05, 0.1) is 6.33 Å². The molecular weight excluding hydrogens is 226 g/mol. The number of aromatic amines is 1. The van der Waals surface area contributed by atoms with Crippen LogP contribution in [-0.4, -0.2) is 29.9 Å². The van der Waals surface area contributed by atoms with Crippen LogP contribution in [-0.2, 0) is 6.54 Å². The second-order valence-corrected chi connectivity index (χ2v) is 3.79. The molecule has 0 aliphatic carbocycles. The lowest BCUT2D eigenvalue weighted by molar-refractivity contribution is 0.907. The Hall–Kier alpha value is -2.30. The molecule has 1 aromatic carbocycles. The van der Waals surface area contributed by atoms with Gasteiger partial charge in [0, 0.05) is 20.6 Å². The number of benzene rings is 1. The average molecular weight is 243 g/mol. The maximum absolute atomic E-state index is 4.25. The monoisotopic (exact) mass is 243 g/mol. The van der Waals surface area contributed by atoms with Gasteiger partial charge in [0.15, 0.2) is 5.82 Å². The molecule has 0 saturated carbocycles. The highest BCUT2D eigenvalue weighted by molar-refractivity contribution is 6.00. The maximum Gasteiger partial charge on any atom is 0.155 e. The number of anilines is 1. The SMILES string of the molecule is C/N=C(/NCc1ccccc1)c1[nH]cnc1NC. The Morgan fingerprint density at radius 1 is 1.33 bits per heavy atom. The highest BCUT2D eigenvalue weighted by Gasteiger charge is 2.10. The van der Waals surface area contributed by atoms with Gasteiger partial charge in [-0.3, -0.25) is 4.99 Å². The second-order valence-electron chi connectivity index (χ2n) is 3.79. The van der Waals surface area contributed by atoms with Gasteiger partial charge in [-0.25, -0.2) is 4.98 Å². The molecule has 0 radical (unpaired) electrons. The molecule has 0 fully saturated rings. The van der Waals surface area contributed by atoms with Crippen LogP contribution in [0.5, 0.6) is 0 Å². The number of aromatic nitrogens is 2. The zero-order valence-corrected chi connectivity index (χ0v) is 10.6. The van der Waals surface area contributed by atoms with E-state index in [4.69, 9.17) is 0 Å². The molecule has 18 heavy (non-hydrogen) atoms. The largest absolute Gasteiger partial charge is 0.371 e. The molecule has 0 saturated heterocycles. The van der Waals surface area contributed by atoms with Crippen molar-refractivity contribution >= 4 is 11.7 Å². The first-order chi connectivity index (χ1) is 8.85. The Labute approximate surface area is 106 Å². The van der Waals surface area contributed by atoms with Gasteiger partial charge in [-0.15, -0.1) is 0 Å². The summed E-state index contributed by atoms with van der Waals surface area (Å²) in [5.74, 6) is 1.58. The number of hydrogen-bond donors (Lipinski definition) is 3. The first-order valence-corrected chi connectivity index (χ1v) is 5.81. The van der Waals surface area contributed by atoms with E-state index in [1.54, 1.807) is 13.4 Å². The van der Waals surface area contributed by atoms with Crippen LogP contribution in [0.2, 0.25) is 0 Å². The first-order valence-electron chi connectivity index (χ1n) is 5.81. The molecule has 5 nitrogen and oxygen atoms in total. The Bertz CT molecular complexity index is 515. The van der Waals surface area contributed by atoms with Crippen molar-refractivity contribution in [3.05, 3.63) is 47.9 Å². The van der Waals surface area contributed by atoms with E-state index in [2.05, 4.69) is 37.7 Å². The van der Waals surface area contributed by atoms with Crippen molar-refractivity contribution in [2.24, 2.45) is 4.99 Å². The summed E-state index contributed by atoms with van der Waals surface area (Å²) in [6.07, 6.45) is 1.65. The number of aliphatic imine (C=N–C) groups is 1. The third kappa shape index (κ3) is 2.68. The van der Waals surface area contributed by atoms with E-state index < -0.39 is 0 Å². The van der Waals surface area contributed by atoms with Crippen LogP contribution in [0.15, 0.2) is 41.7 Å². The van der Waals surface area contributed by atoms with E-state index in [9.17, 15) is 0 Å². The van der Waals surface area contributed by atoms with Crippen LogP contribution in [0, 0.1) is 0 Å². The van der Waals surface area contributed by atoms with Crippen molar-refractivity contribution in [1.82, 2.24) is 15.3 Å². The number of rotatable bonds is 4. The predicted molar refractivity (Wildman–Crippen MR) is 73.9 cm³/mol. The highest BCUT2D eigenvalue weighted by atomic mass is 15.1. The van der Waals surface area contributed by atoms with Gasteiger partial charge in [0.2, 0.25) is 0 Å². The summed E-state index contributed by atoms with van der Waals surface area (Å²) in [7, 11) is 3.59. The lowest BCUT2D eigenvalue weighted by atomic mass is 10.2. The lowest BCUT2D eigenvalue weighted by Gasteiger charge is -2.09. The molecule has 0 unspecified atom stereocenters. The molecule has 0 aliphatic heterocycles. The number of imidazole rings is 1. The van der Waals surface area contributed by atoms with Crippen LogP contribution in [0.25, 0.3) is 0 Å². The fraction of sp³-hybridized carbons (Fsp3) is 0.231. The van der Waals surface area contributed by atoms with E-state index in [0.29, 0.717) is 0 Å².